The Kier molecular flexibility index (Phi) is 4.40. The maximum absolute atomic E-state index is 13.6. The third-order valence-corrected chi connectivity index (χ3v) is 4.18. The SMILES string of the molecule is CC(NC1CCSCC1)c1cc(F)ccc1F. The lowest BCUT2D eigenvalue weighted by atomic mass is 10.0. The maximum Gasteiger partial charge on any atom is 0.128 e. The smallest absolute Gasteiger partial charge is 0.128 e. The van der Waals surface area contributed by atoms with E-state index in [-0.39, 0.29) is 17.7 Å². The Labute approximate surface area is 105 Å². The predicted octanol–water partition coefficient (Wildman–Crippen LogP) is 3.51. The van der Waals surface area contributed by atoms with Crippen LogP contribution in [0.3, 0.4) is 0 Å². The van der Waals surface area contributed by atoms with Crippen molar-refractivity contribution in [2.24, 2.45) is 0 Å². The third-order valence-electron chi connectivity index (χ3n) is 3.13. The van der Waals surface area contributed by atoms with Gasteiger partial charge in [0, 0.05) is 17.6 Å². The lowest BCUT2D eigenvalue weighted by Gasteiger charge is -2.26. The van der Waals surface area contributed by atoms with E-state index in [4.69, 9.17) is 0 Å². The van der Waals surface area contributed by atoms with Gasteiger partial charge in [-0.3, -0.25) is 0 Å². The fourth-order valence-corrected chi connectivity index (χ4v) is 3.26. The van der Waals surface area contributed by atoms with Crippen molar-refractivity contribution in [2.45, 2.75) is 31.8 Å². The van der Waals surface area contributed by atoms with E-state index in [0.717, 1.165) is 30.4 Å². The van der Waals surface area contributed by atoms with Crippen molar-refractivity contribution in [2.75, 3.05) is 11.5 Å². The number of hydrogen-bond acceptors (Lipinski definition) is 2. The van der Waals surface area contributed by atoms with E-state index >= 15 is 0 Å². The number of rotatable bonds is 3. The molecule has 0 saturated carbocycles. The third kappa shape index (κ3) is 3.42. The highest BCUT2D eigenvalue weighted by Crippen LogP contribution is 2.22. The van der Waals surface area contributed by atoms with Gasteiger partial charge in [0.2, 0.25) is 0 Å². The van der Waals surface area contributed by atoms with E-state index in [0.29, 0.717) is 11.6 Å². The molecule has 1 aliphatic heterocycles. The summed E-state index contributed by atoms with van der Waals surface area (Å²) >= 11 is 1.95. The van der Waals surface area contributed by atoms with Crippen LogP contribution in [0, 0.1) is 11.6 Å². The Morgan fingerprint density at radius 2 is 2.00 bits per heavy atom. The molecule has 0 spiro atoms. The van der Waals surface area contributed by atoms with Gasteiger partial charge in [0.1, 0.15) is 11.6 Å². The van der Waals surface area contributed by atoms with Gasteiger partial charge in [-0.1, -0.05) is 0 Å². The van der Waals surface area contributed by atoms with Crippen LogP contribution in [0.25, 0.3) is 0 Å². The first-order valence-electron chi connectivity index (χ1n) is 5.95. The van der Waals surface area contributed by atoms with E-state index < -0.39 is 0 Å². The first kappa shape index (κ1) is 12.8. The second-order valence-electron chi connectivity index (χ2n) is 4.44. The molecule has 17 heavy (non-hydrogen) atoms. The van der Waals surface area contributed by atoms with Crippen molar-refractivity contribution in [3.05, 3.63) is 35.4 Å². The van der Waals surface area contributed by atoms with E-state index in [2.05, 4.69) is 5.32 Å². The highest BCUT2D eigenvalue weighted by atomic mass is 32.2. The summed E-state index contributed by atoms with van der Waals surface area (Å²) in [5.74, 6) is 1.58. The van der Waals surface area contributed by atoms with Gasteiger partial charge in [-0.25, -0.2) is 8.78 Å². The predicted molar refractivity (Wildman–Crippen MR) is 68.3 cm³/mol. The molecule has 0 radical (unpaired) electrons. The minimum atomic E-state index is -0.380. The van der Waals surface area contributed by atoms with E-state index in [1.54, 1.807) is 0 Å². The lowest BCUT2D eigenvalue weighted by Crippen LogP contribution is -2.34. The van der Waals surface area contributed by atoms with Gasteiger partial charge < -0.3 is 5.32 Å². The van der Waals surface area contributed by atoms with Gasteiger partial charge in [0.25, 0.3) is 0 Å². The summed E-state index contributed by atoms with van der Waals surface area (Å²) in [6, 6.07) is 3.92. The summed E-state index contributed by atoms with van der Waals surface area (Å²) in [5.41, 5.74) is 0.420. The van der Waals surface area contributed by atoms with Crippen LogP contribution in [0.5, 0.6) is 0 Å². The molecule has 1 heterocycles. The Hall–Kier alpha value is -0.610. The molecule has 1 N–H and O–H groups in total. The fraction of sp³-hybridized carbons (Fsp3) is 0.538. The van der Waals surface area contributed by atoms with Crippen LogP contribution in [-0.2, 0) is 0 Å². The topological polar surface area (TPSA) is 12.0 Å². The van der Waals surface area contributed by atoms with Crippen molar-refractivity contribution in [3.63, 3.8) is 0 Å². The summed E-state index contributed by atoms with van der Waals surface area (Å²) in [6.07, 6.45) is 2.21. The Balaban J connectivity index is 2.02. The highest BCUT2D eigenvalue weighted by molar-refractivity contribution is 7.99. The summed E-state index contributed by atoms with van der Waals surface area (Å²) in [6.45, 7) is 1.89. The zero-order valence-electron chi connectivity index (χ0n) is 9.88. The van der Waals surface area contributed by atoms with Gasteiger partial charge in [0.15, 0.2) is 0 Å². The van der Waals surface area contributed by atoms with Gasteiger partial charge in [-0.05, 0) is 49.5 Å². The van der Waals surface area contributed by atoms with Gasteiger partial charge in [-0.15, -0.1) is 0 Å². The van der Waals surface area contributed by atoms with Crippen LogP contribution < -0.4 is 5.32 Å². The van der Waals surface area contributed by atoms with Crippen LogP contribution in [0.2, 0.25) is 0 Å². The normalized spacial score (nSPS) is 19.2. The largest absolute Gasteiger partial charge is 0.307 e. The Morgan fingerprint density at radius 1 is 1.29 bits per heavy atom. The van der Waals surface area contributed by atoms with Gasteiger partial charge in [-0.2, -0.15) is 11.8 Å². The zero-order valence-corrected chi connectivity index (χ0v) is 10.7. The van der Waals surface area contributed by atoms with Gasteiger partial charge in [0.05, 0.1) is 0 Å². The fourth-order valence-electron chi connectivity index (χ4n) is 2.15. The van der Waals surface area contributed by atoms with Crippen LogP contribution in [0.15, 0.2) is 18.2 Å². The molecule has 0 aliphatic carbocycles. The molecule has 1 fully saturated rings. The Morgan fingerprint density at radius 3 is 2.71 bits per heavy atom. The van der Waals surface area contributed by atoms with Crippen molar-refractivity contribution >= 4 is 11.8 Å². The molecule has 1 aliphatic rings. The number of benzene rings is 1. The number of halogens is 2. The van der Waals surface area contributed by atoms with Crippen LogP contribution >= 0.6 is 11.8 Å². The van der Waals surface area contributed by atoms with Crippen LogP contribution in [-0.4, -0.2) is 17.5 Å². The number of thioether (sulfide) groups is 1. The molecule has 1 saturated heterocycles. The molecule has 94 valence electrons. The molecule has 1 atom stereocenters. The second kappa shape index (κ2) is 5.83. The monoisotopic (exact) mass is 257 g/mol. The van der Waals surface area contributed by atoms with Crippen LogP contribution in [0.4, 0.5) is 8.78 Å². The average Bonchev–Trinajstić information content (AvgIpc) is 2.33. The van der Waals surface area contributed by atoms with E-state index in [1.807, 2.05) is 18.7 Å². The average molecular weight is 257 g/mol. The molecule has 2 rings (SSSR count). The molecule has 0 amide bonds. The van der Waals surface area contributed by atoms with Crippen molar-refractivity contribution in [1.29, 1.82) is 0 Å². The summed E-state index contributed by atoms with van der Waals surface area (Å²) in [7, 11) is 0. The maximum atomic E-state index is 13.6. The van der Waals surface area contributed by atoms with Gasteiger partial charge >= 0.3 is 0 Å². The highest BCUT2D eigenvalue weighted by Gasteiger charge is 2.18. The van der Waals surface area contributed by atoms with Crippen molar-refractivity contribution in [3.8, 4) is 0 Å². The van der Waals surface area contributed by atoms with E-state index in [1.165, 1.54) is 12.1 Å². The molecular weight excluding hydrogens is 240 g/mol. The lowest BCUT2D eigenvalue weighted by molar-refractivity contribution is 0.419. The molecule has 1 nitrogen and oxygen atoms in total. The zero-order chi connectivity index (χ0) is 12.3. The standard InChI is InChI=1S/C13H17F2NS/c1-9(16-11-4-6-17-7-5-11)12-8-10(14)2-3-13(12)15/h2-3,8-9,11,16H,4-7H2,1H3. The van der Waals surface area contributed by atoms with Crippen molar-refractivity contribution < 1.29 is 8.78 Å². The molecule has 0 aromatic heterocycles. The molecule has 1 aromatic rings. The van der Waals surface area contributed by atoms with Crippen molar-refractivity contribution in [1.82, 2.24) is 5.32 Å². The molecule has 4 heteroatoms. The molecule has 1 aromatic carbocycles. The quantitative estimate of drug-likeness (QED) is 0.889. The summed E-state index contributed by atoms with van der Waals surface area (Å²) in [5, 5.41) is 3.38. The molecule has 0 bridgehead atoms. The minimum Gasteiger partial charge on any atom is -0.307 e. The first-order valence-corrected chi connectivity index (χ1v) is 7.11. The summed E-state index contributed by atoms with van der Waals surface area (Å²) in [4.78, 5) is 0. The first-order chi connectivity index (χ1) is 8.16. The van der Waals surface area contributed by atoms with Crippen LogP contribution in [0.1, 0.15) is 31.4 Å². The number of nitrogens with one attached hydrogen (secondary N) is 1. The number of hydrogen-bond donors (Lipinski definition) is 1. The van der Waals surface area contributed by atoms with E-state index in [9.17, 15) is 8.78 Å². The minimum absolute atomic E-state index is 0.140. The molecule has 1 unspecified atom stereocenters. The second-order valence-corrected chi connectivity index (χ2v) is 5.67. The molecular formula is C13H17F2NS. The Bertz CT molecular complexity index is 378. The summed E-state index contributed by atoms with van der Waals surface area (Å²) < 4.78 is 26.7.